The summed E-state index contributed by atoms with van der Waals surface area (Å²) in [7, 11) is 0. The first-order chi connectivity index (χ1) is 9.67. The van der Waals surface area contributed by atoms with E-state index in [1.165, 1.54) is 5.56 Å². The van der Waals surface area contributed by atoms with Gasteiger partial charge in [-0.15, -0.1) is 0 Å². The Kier molecular flexibility index (Phi) is 4.02. The highest BCUT2D eigenvalue weighted by molar-refractivity contribution is 5.64. The molecule has 0 aromatic heterocycles. The Morgan fingerprint density at radius 2 is 1.65 bits per heavy atom. The molecule has 0 saturated carbocycles. The van der Waals surface area contributed by atoms with Crippen molar-refractivity contribution in [2.24, 2.45) is 0 Å². The normalized spacial score (nSPS) is 9.75. The zero-order valence-electron chi connectivity index (χ0n) is 11.3. The van der Waals surface area contributed by atoms with Gasteiger partial charge in [0.05, 0.1) is 5.56 Å². The molecule has 2 N–H and O–H groups in total. The van der Waals surface area contributed by atoms with Gasteiger partial charge >= 0.3 is 0 Å². The van der Waals surface area contributed by atoms with Gasteiger partial charge in [0.1, 0.15) is 6.07 Å². The van der Waals surface area contributed by atoms with Crippen LogP contribution in [0.5, 0.6) is 0 Å². The van der Waals surface area contributed by atoms with E-state index in [9.17, 15) is 0 Å². The fraction of sp³-hybridized carbons (Fsp3) is 0.0556. The monoisotopic (exact) mass is 260 g/mol. The van der Waals surface area contributed by atoms with Gasteiger partial charge in [0, 0.05) is 5.69 Å². The Hall–Kier alpha value is -2.79. The minimum Gasteiger partial charge on any atom is -0.398 e. The summed E-state index contributed by atoms with van der Waals surface area (Å²) in [5.74, 6) is 0. The van der Waals surface area contributed by atoms with E-state index in [1.807, 2.05) is 30.4 Å². The van der Waals surface area contributed by atoms with Crippen molar-refractivity contribution < 1.29 is 0 Å². The lowest BCUT2D eigenvalue weighted by Crippen LogP contribution is -1.95. The highest BCUT2D eigenvalue weighted by Gasteiger charge is 2.03. The maximum atomic E-state index is 9.01. The van der Waals surface area contributed by atoms with E-state index in [-0.39, 0.29) is 0 Å². The van der Waals surface area contributed by atoms with E-state index < -0.39 is 0 Å². The first-order valence-corrected chi connectivity index (χ1v) is 6.34. The van der Waals surface area contributed by atoms with Gasteiger partial charge in [0.25, 0.3) is 0 Å². The summed E-state index contributed by atoms with van der Waals surface area (Å²) in [6, 6.07) is 13.9. The number of nitrogens with zero attached hydrogens (tertiary/aromatic N) is 1. The summed E-state index contributed by atoms with van der Waals surface area (Å²) in [5.41, 5.74) is 11.1. The highest BCUT2D eigenvalue weighted by Crippen LogP contribution is 2.19. The largest absolute Gasteiger partial charge is 0.398 e. The average Bonchev–Trinajstić information content (AvgIpc) is 2.49. The first kappa shape index (κ1) is 13.6. The van der Waals surface area contributed by atoms with Crippen molar-refractivity contribution in [1.29, 1.82) is 5.26 Å². The van der Waals surface area contributed by atoms with E-state index in [1.54, 1.807) is 6.07 Å². The molecule has 0 amide bonds. The zero-order valence-corrected chi connectivity index (χ0v) is 11.3. The number of nitriles is 1. The molecule has 0 aliphatic carbocycles. The van der Waals surface area contributed by atoms with E-state index in [4.69, 9.17) is 11.0 Å². The van der Waals surface area contributed by atoms with E-state index >= 15 is 0 Å². The smallest absolute Gasteiger partial charge is 0.101 e. The number of anilines is 1. The molecule has 0 saturated heterocycles. The topological polar surface area (TPSA) is 49.8 Å². The molecule has 0 bridgehead atoms. The van der Waals surface area contributed by atoms with Gasteiger partial charge in [-0.25, -0.2) is 0 Å². The number of hydrogen-bond donors (Lipinski definition) is 1. The van der Waals surface area contributed by atoms with Crippen molar-refractivity contribution in [2.75, 3.05) is 5.73 Å². The van der Waals surface area contributed by atoms with Crippen LogP contribution in [0.4, 0.5) is 5.69 Å². The van der Waals surface area contributed by atoms with Crippen molar-refractivity contribution in [3.05, 3.63) is 77.4 Å². The maximum Gasteiger partial charge on any atom is 0.101 e. The Morgan fingerprint density at radius 3 is 2.30 bits per heavy atom. The number of nitrogens with two attached hydrogens (primary N) is 1. The van der Waals surface area contributed by atoms with Gasteiger partial charge < -0.3 is 5.73 Å². The molecule has 20 heavy (non-hydrogen) atoms. The lowest BCUT2D eigenvalue weighted by molar-refractivity contribution is 1.19. The summed E-state index contributed by atoms with van der Waals surface area (Å²) in [5, 5.41) is 9.01. The van der Waals surface area contributed by atoms with Crippen molar-refractivity contribution in [3.63, 3.8) is 0 Å². The lowest BCUT2D eigenvalue weighted by atomic mass is 9.98. The van der Waals surface area contributed by atoms with Crippen LogP contribution in [0.25, 0.3) is 12.2 Å². The van der Waals surface area contributed by atoms with Crippen LogP contribution in [0.1, 0.15) is 27.8 Å². The molecule has 0 heterocycles. The second-order valence-corrected chi connectivity index (χ2v) is 4.58. The Balaban J connectivity index is 2.33. The van der Waals surface area contributed by atoms with Crippen molar-refractivity contribution in [2.45, 2.75) is 6.42 Å². The molecule has 0 spiro atoms. The molecule has 0 unspecified atom stereocenters. The second kappa shape index (κ2) is 5.90. The third-order valence-corrected chi connectivity index (χ3v) is 3.24. The molecule has 0 aliphatic rings. The summed E-state index contributed by atoms with van der Waals surface area (Å²) in [6.07, 6.45) is 4.40. The minimum absolute atomic E-state index is 0.519. The van der Waals surface area contributed by atoms with Crippen molar-refractivity contribution >= 4 is 17.8 Å². The summed E-state index contributed by atoms with van der Waals surface area (Å²) in [6.45, 7) is 7.61. The third-order valence-electron chi connectivity index (χ3n) is 3.24. The molecule has 2 heteroatoms. The van der Waals surface area contributed by atoms with Crippen LogP contribution in [0, 0.1) is 11.3 Å². The van der Waals surface area contributed by atoms with Crippen LogP contribution >= 0.6 is 0 Å². The number of benzene rings is 2. The van der Waals surface area contributed by atoms with Crippen molar-refractivity contribution in [3.8, 4) is 6.07 Å². The van der Waals surface area contributed by atoms with Crippen LogP contribution in [-0.2, 0) is 6.42 Å². The van der Waals surface area contributed by atoms with Gasteiger partial charge in [0.2, 0.25) is 0 Å². The molecular formula is C18H16N2. The van der Waals surface area contributed by atoms with Crippen LogP contribution in [0.2, 0.25) is 0 Å². The van der Waals surface area contributed by atoms with Gasteiger partial charge in [-0.1, -0.05) is 49.6 Å². The lowest BCUT2D eigenvalue weighted by Gasteiger charge is -2.07. The summed E-state index contributed by atoms with van der Waals surface area (Å²) >= 11 is 0. The third kappa shape index (κ3) is 2.78. The Labute approximate surface area is 119 Å². The predicted molar refractivity (Wildman–Crippen MR) is 85.0 cm³/mol. The minimum atomic E-state index is 0.519. The van der Waals surface area contributed by atoms with E-state index in [2.05, 4.69) is 31.4 Å². The number of rotatable bonds is 4. The molecule has 0 aliphatic heterocycles. The zero-order chi connectivity index (χ0) is 14.5. The average molecular weight is 260 g/mol. The van der Waals surface area contributed by atoms with E-state index in [0.29, 0.717) is 11.3 Å². The molecule has 98 valence electrons. The fourth-order valence-corrected chi connectivity index (χ4v) is 2.14. The molecule has 2 aromatic carbocycles. The molecule has 2 aromatic rings. The first-order valence-electron chi connectivity index (χ1n) is 6.34. The van der Waals surface area contributed by atoms with Crippen LogP contribution in [0.3, 0.4) is 0 Å². The predicted octanol–water partition coefficient (Wildman–Crippen LogP) is 4.02. The van der Waals surface area contributed by atoms with Crippen LogP contribution in [-0.4, -0.2) is 0 Å². The number of nitrogen functional groups attached to an aromatic ring is 1. The molecule has 0 atom stereocenters. The molecule has 2 nitrogen and oxygen atoms in total. The van der Waals surface area contributed by atoms with Crippen molar-refractivity contribution in [1.82, 2.24) is 0 Å². The Morgan fingerprint density at radius 1 is 1.00 bits per heavy atom. The van der Waals surface area contributed by atoms with Crippen LogP contribution < -0.4 is 5.73 Å². The van der Waals surface area contributed by atoms with Gasteiger partial charge in [-0.05, 0) is 40.8 Å². The molecule has 2 rings (SSSR count). The fourth-order valence-electron chi connectivity index (χ4n) is 2.14. The number of hydrogen-bond acceptors (Lipinski definition) is 2. The van der Waals surface area contributed by atoms with Gasteiger partial charge in [0.15, 0.2) is 0 Å². The van der Waals surface area contributed by atoms with Gasteiger partial charge in [-0.2, -0.15) is 5.26 Å². The molecular weight excluding hydrogens is 244 g/mol. The van der Waals surface area contributed by atoms with Gasteiger partial charge in [-0.3, -0.25) is 0 Å². The highest BCUT2D eigenvalue weighted by atomic mass is 14.6. The SMILES string of the molecule is C=Cc1ccc(Cc2ccc(N)c(C#N)c2)cc1C=C. The Bertz CT molecular complexity index is 706. The maximum absolute atomic E-state index is 9.01. The van der Waals surface area contributed by atoms with Crippen LogP contribution in [0.15, 0.2) is 49.6 Å². The standard InChI is InChI=1S/C18H16N2/c1-3-15-7-5-13(10-16(15)4-2)9-14-6-8-18(20)17(11-14)12-19/h3-8,10-11H,1-2,9,20H2. The quantitative estimate of drug-likeness (QED) is 0.844. The summed E-state index contributed by atoms with van der Waals surface area (Å²) in [4.78, 5) is 0. The molecule has 0 fully saturated rings. The van der Waals surface area contributed by atoms with E-state index in [0.717, 1.165) is 23.1 Å². The second-order valence-electron chi connectivity index (χ2n) is 4.58. The summed E-state index contributed by atoms with van der Waals surface area (Å²) < 4.78 is 0. The molecule has 0 radical (unpaired) electrons.